The van der Waals surface area contributed by atoms with Crippen molar-refractivity contribution in [1.82, 2.24) is 15.0 Å². The summed E-state index contributed by atoms with van der Waals surface area (Å²) in [5.41, 5.74) is 3.17. The molecular formula is C23H28ClN3O3. The molecule has 0 atom stereocenters. The van der Waals surface area contributed by atoms with E-state index in [2.05, 4.69) is 10.2 Å². The highest BCUT2D eigenvalue weighted by Crippen LogP contribution is 2.36. The van der Waals surface area contributed by atoms with E-state index in [-0.39, 0.29) is 23.6 Å². The van der Waals surface area contributed by atoms with E-state index in [1.807, 2.05) is 46.8 Å². The van der Waals surface area contributed by atoms with Gasteiger partial charge in [0.25, 0.3) is 0 Å². The smallest absolute Gasteiger partial charge is 0.306 e. The molecule has 0 saturated heterocycles. The molecule has 1 N–H and O–H groups in total. The van der Waals surface area contributed by atoms with Gasteiger partial charge in [-0.15, -0.1) is 15.0 Å². The molecule has 0 spiro atoms. The summed E-state index contributed by atoms with van der Waals surface area (Å²) in [7, 11) is 0. The van der Waals surface area contributed by atoms with Crippen molar-refractivity contribution in [3.05, 3.63) is 46.5 Å². The Morgan fingerprint density at radius 3 is 2.53 bits per heavy atom. The number of carbonyl (C=O) groups is 1. The topological polar surface area (TPSA) is 77.2 Å². The number of aromatic nitrogens is 3. The van der Waals surface area contributed by atoms with Crippen molar-refractivity contribution >= 4 is 28.6 Å². The monoisotopic (exact) mass is 429 g/mol. The Morgan fingerprint density at radius 2 is 1.87 bits per heavy atom. The van der Waals surface area contributed by atoms with Crippen molar-refractivity contribution in [2.75, 3.05) is 6.61 Å². The Morgan fingerprint density at radius 1 is 1.17 bits per heavy atom. The predicted molar refractivity (Wildman–Crippen MR) is 118 cm³/mol. The van der Waals surface area contributed by atoms with Gasteiger partial charge in [0.15, 0.2) is 0 Å². The highest BCUT2D eigenvalue weighted by atomic mass is 35.5. The molecule has 2 aromatic carbocycles. The number of benzene rings is 2. The zero-order valence-electron chi connectivity index (χ0n) is 18.1. The summed E-state index contributed by atoms with van der Waals surface area (Å²) >= 11 is 6.06. The molecule has 7 heteroatoms. The van der Waals surface area contributed by atoms with Crippen LogP contribution in [0.5, 0.6) is 5.75 Å². The molecule has 0 bridgehead atoms. The summed E-state index contributed by atoms with van der Waals surface area (Å²) in [6.45, 7) is 10.5. The molecule has 160 valence electrons. The number of ether oxygens (including phenoxy) is 1. The van der Waals surface area contributed by atoms with Crippen molar-refractivity contribution in [1.29, 1.82) is 0 Å². The number of halogens is 1. The van der Waals surface area contributed by atoms with E-state index in [1.54, 1.807) is 18.2 Å². The van der Waals surface area contributed by atoms with Crippen molar-refractivity contribution in [3.8, 4) is 11.4 Å². The van der Waals surface area contributed by atoms with E-state index in [0.717, 1.165) is 11.1 Å². The van der Waals surface area contributed by atoms with Gasteiger partial charge in [-0.1, -0.05) is 52.3 Å². The lowest BCUT2D eigenvalue weighted by Gasteiger charge is -2.23. The third-order valence-electron chi connectivity index (χ3n) is 4.71. The third kappa shape index (κ3) is 5.11. The molecular weight excluding hydrogens is 402 g/mol. The van der Waals surface area contributed by atoms with E-state index in [9.17, 15) is 9.90 Å². The number of phenolic OH excluding ortho intramolecular Hbond substituents is 1. The van der Waals surface area contributed by atoms with Crippen LogP contribution in [0.15, 0.2) is 30.3 Å². The maximum atomic E-state index is 12.1. The van der Waals surface area contributed by atoms with E-state index in [1.165, 1.54) is 4.80 Å². The quantitative estimate of drug-likeness (QED) is 0.544. The lowest BCUT2D eigenvalue weighted by Crippen LogP contribution is -2.15. The van der Waals surface area contributed by atoms with Gasteiger partial charge < -0.3 is 9.84 Å². The number of hydrogen-bond acceptors (Lipinski definition) is 5. The first kappa shape index (κ1) is 22.1. The van der Waals surface area contributed by atoms with E-state index in [4.69, 9.17) is 16.3 Å². The fourth-order valence-electron chi connectivity index (χ4n) is 3.12. The Balaban J connectivity index is 1.97. The largest absolute Gasteiger partial charge is 0.505 e. The van der Waals surface area contributed by atoms with Gasteiger partial charge in [-0.3, -0.25) is 4.79 Å². The number of aryl methyl sites for hydroxylation is 1. The third-order valence-corrected chi connectivity index (χ3v) is 4.95. The van der Waals surface area contributed by atoms with Gasteiger partial charge in [-0.05, 0) is 47.6 Å². The second-order valence-corrected chi connectivity index (χ2v) is 9.40. The first-order valence-electron chi connectivity index (χ1n) is 10.1. The van der Waals surface area contributed by atoms with Gasteiger partial charge in [0.2, 0.25) is 0 Å². The van der Waals surface area contributed by atoms with Crippen molar-refractivity contribution in [2.24, 2.45) is 5.92 Å². The summed E-state index contributed by atoms with van der Waals surface area (Å²) in [5, 5.41) is 20.5. The number of rotatable bonds is 6. The van der Waals surface area contributed by atoms with Crippen LogP contribution in [0.1, 0.15) is 52.2 Å². The summed E-state index contributed by atoms with van der Waals surface area (Å²) in [5.74, 6) is 0.198. The zero-order chi connectivity index (χ0) is 22.1. The Kier molecular flexibility index (Phi) is 6.36. The minimum Gasteiger partial charge on any atom is -0.505 e. The molecule has 0 saturated carbocycles. The highest BCUT2D eigenvalue weighted by Gasteiger charge is 2.23. The van der Waals surface area contributed by atoms with Crippen LogP contribution in [0, 0.1) is 5.92 Å². The van der Waals surface area contributed by atoms with Crippen molar-refractivity contribution in [2.45, 2.75) is 52.9 Å². The van der Waals surface area contributed by atoms with E-state index in [0.29, 0.717) is 40.7 Å². The number of nitrogens with zero attached hydrogens (tertiary/aromatic N) is 3. The van der Waals surface area contributed by atoms with Crippen molar-refractivity contribution in [3.63, 3.8) is 0 Å². The Hall–Kier alpha value is -2.60. The molecule has 0 radical (unpaired) electrons. The van der Waals surface area contributed by atoms with Crippen LogP contribution in [-0.2, 0) is 21.4 Å². The summed E-state index contributed by atoms with van der Waals surface area (Å²) in [6.07, 6.45) is 0.768. The molecule has 3 aromatic rings. The molecule has 0 fully saturated rings. The van der Waals surface area contributed by atoms with Crippen LogP contribution in [0.25, 0.3) is 16.7 Å². The van der Waals surface area contributed by atoms with E-state index < -0.39 is 0 Å². The minimum absolute atomic E-state index is 0.125. The predicted octanol–water partition coefficient (Wildman–Crippen LogP) is 5.21. The van der Waals surface area contributed by atoms with Gasteiger partial charge in [-0.2, -0.15) is 0 Å². The SMILES string of the molecule is CC(C)COC(=O)CCc1cc(-n2nc3ccc(Cl)cc3n2)c(O)c(C(C)(C)C)c1. The lowest BCUT2D eigenvalue weighted by atomic mass is 9.84. The number of phenols is 1. The first-order valence-corrected chi connectivity index (χ1v) is 10.5. The van der Waals surface area contributed by atoms with Gasteiger partial charge in [0, 0.05) is 17.0 Å². The lowest BCUT2D eigenvalue weighted by molar-refractivity contribution is -0.144. The number of esters is 1. The number of aromatic hydroxyl groups is 1. The average Bonchev–Trinajstić information content (AvgIpc) is 3.07. The van der Waals surface area contributed by atoms with Crippen LogP contribution in [0.2, 0.25) is 5.02 Å². The highest BCUT2D eigenvalue weighted by molar-refractivity contribution is 6.31. The molecule has 0 aliphatic rings. The molecule has 0 unspecified atom stereocenters. The number of carbonyl (C=O) groups excluding carboxylic acids is 1. The molecule has 0 aliphatic carbocycles. The second-order valence-electron chi connectivity index (χ2n) is 8.96. The Bertz CT molecular complexity index is 1070. The molecule has 3 rings (SSSR count). The maximum Gasteiger partial charge on any atom is 0.306 e. The molecule has 6 nitrogen and oxygen atoms in total. The normalized spacial score (nSPS) is 12.0. The van der Waals surface area contributed by atoms with Gasteiger partial charge in [0.05, 0.1) is 6.61 Å². The molecule has 1 aromatic heterocycles. The summed E-state index contributed by atoms with van der Waals surface area (Å²) in [4.78, 5) is 13.5. The van der Waals surface area contributed by atoms with Gasteiger partial charge >= 0.3 is 5.97 Å². The average molecular weight is 430 g/mol. The van der Waals surface area contributed by atoms with Crippen LogP contribution in [0.4, 0.5) is 0 Å². The zero-order valence-corrected chi connectivity index (χ0v) is 18.8. The summed E-state index contributed by atoms with van der Waals surface area (Å²) < 4.78 is 5.28. The van der Waals surface area contributed by atoms with Crippen molar-refractivity contribution < 1.29 is 14.6 Å². The fourth-order valence-corrected chi connectivity index (χ4v) is 3.29. The van der Waals surface area contributed by atoms with Gasteiger partial charge in [0.1, 0.15) is 22.5 Å². The van der Waals surface area contributed by atoms with E-state index >= 15 is 0 Å². The number of hydrogen-bond donors (Lipinski definition) is 1. The second kappa shape index (κ2) is 8.64. The minimum atomic E-state index is -0.303. The number of fused-ring (bicyclic) bond motifs is 1. The van der Waals surface area contributed by atoms with Crippen LogP contribution < -0.4 is 0 Å². The molecule has 1 heterocycles. The summed E-state index contributed by atoms with van der Waals surface area (Å²) in [6, 6.07) is 9.03. The first-order chi connectivity index (χ1) is 14.0. The van der Waals surface area contributed by atoms with Crippen LogP contribution in [-0.4, -0.2) is 32.7 Å². The maximum absolute atomic E-state index is 12.1. The van der Waals surface area contributed by atoms with Gasteiger partial charge in [-0.25, -0.2) is 0 Å². The van der Waals surface area contributed by atoms with Crippen LogP contribution >= 0.6 is 11.6 Å². The fraction of sp³-hybridized carbons (Fsp3) is 0.435. The molecule has 30 heavy (non-hydrogen) atoms. The standard InChI is InChI=1S/C23H28ClN3O3/c1-14(2)13-30-21(28)9-6-15-10-17(23(3,4)5)22(29)20(11-15)27-25-18-8-7-16(24)12-19(18)26-27/h7-8,10-12,14,29H,6,9,13H2,1-5H3. The van der Waals surface area contributed by atoms with Crippen LogP contribution in [0.3, 0.4) is 0 Å². The Labute approximate surface area is 181 Å². The molecule has 0 aliphatic heterocycles. The molecule has 0 amide bonds.